The van der Waals surface area contributed by atoms with Crippen LogP contribution in [0.15, 0.2) is 60.7 Å². The van der Waals surface area contributed by atoms with Gasteiger partial charge in [0.15, 0.2) is 11.5 Å². The zero-order valence-electron chi connectivity index (χ0n) is 16.4. The predicted octanol–water partition coefficient (Wildman–Crippen LogP) is 4.01. The summed E-state index contributed by atoms with van der Waals surface area (Å²) in [6, 6.07) is 16.4. The third kappa shape index (κ3) is 7.31. The van der Waals surface area contributed by atoms with E-state index in [9.17, 15) is 9.59 Å². The maximum absolute atomic E-state index is 9.55. The van der Waals surface area contributed by atoms with E-state index in [2.05, 4.69) is 25.2 Å². The molecule has 0 saturated heterocycles. The first kappa shape index (κ1) is 22.0. The fourth-order valence-corrected chi connectivity index (χ4v) is 2.67. The Kier molecular flexibility index (Phi) is 8.24. The summed E-state index contributed by atoms with van der Waals surface area (Å²) in [7, 11) is 0. The Bertz CT molecular complexity index is 846. The van der Waals surface area contributed by atoms with Crippen molar-refractivity contribution in [2.24, 2.45) is 0 Å². The molecule has 1 aliphatic heterocycles. The Hall–Kier alpha value is -3.32. The molecular formula is C22H25NO6. The van der Waals surface area contributed by atoms with Gasteiger partial charge in [-0.2, -0.15) is 0 Å². The summed E-state index contributed by atoms with van der Waals surface area (Å²) in [6.07, 6.45) is 2.04. The summed E-state index contributed by atoms with van der Waals surface area (Å²) in [5.74, 6) is -0.0377. The number of para-hydroxylation sites is 3. The summed E-state index contributed by atoms with van der Waals surface area (Å²) in [6.45, 7) is 5.22. The van der Waals surface area contributed by atoms with Crippen LogP contribution in [-0.4, -0.2) is 34.7 Å². The van der Waals surface area contributed by atoms with Gasteiger partial charge in [0.25, 0.3) is 0 Å². The molecule has 2 aromatic carbocycles. The normalized spacial score (nSPS) is 14.5. The first-order chi connectivity index (χ1) is 13.9. The van der Waals surface area contributed by atoms with E-state index in [0.29, 0.717) is 18.2 Å². The lowest BCUT2D eigenvalue weighted by Gasteiger charge is -2.19. The molecule has 3 N–H and O–H groups in total. The molecule has 0 aliphatic carbocycles. The number of aliphatic carboxylic acids is 2. The van der Waals surface area contributed by atoms with Gasteiger partial charge in [0, 0.05) is 30.2 Å². The quantitative estimate of drug-likeness (QED) is 0.630. The first-order valence-corrected chi connectivity index (χ1v) is 9.26. The van der Waals surface area contributed by atoms with Crippen LogP contribution in [0.1, 0.15) is 31.9 Å². The monoisotopic (exact) mass is 399 g/mol. The topological polar surface area (TPSA) is 105 Å². The SMILES string of the molecule is CC(C)NCCC1Oc2ccccc2Oc2ccccc21.O=C(O)/C=C/C(=O)O. The molecule has 154 valence electrons. The van der Waals surface area contributed by atoms with E-state index in [1.54, 1.807) is 0 Å². The minimum atomic E-state index is -1.26. The van der Waals surface area contributed by atoms with Gasteiger partial charge in [-0.25, -0.2) is 9.59 Å². The van der Waals surface area contributed by atoms with Crippen molar-refractivity contribution < 1.29 is 29.3 Å². The lowest BCUT2D eigenvalue weighted by atomic mass is 10.1. The molecule has 2 aromatic rings. The second kappa shape index (κ2) is 10.9. The Morgan fingerprint density at radius 1 is 0.966 bits per heavy atom. The molecule has 0 aromatic heterocycles. The summed E-state index contributed by atoms with van der Waals surface area (Å²) < 4.78 is 12.2. The van der Waals surface area contributed by atoms with E-state index in [0.717, 1.165) is 35.8 Å². The Morgan fingerprint density at radius 2 is 1.52 bits per heavy atom. The molecule has 1 aliphatic rings. The van der Waals surface area contributed by atoms with Crippen LogP contribution >= 0.6 is 0 Å². The molecule has 1 atom stereocenters. The van der Waals surface area contributed by atoms with Crippen molar-refractivity contribution in [3.8, 4) is 17.2 Å². The van der Waals surface area contributed by atoms with Gasteiger partial charge in [-0.15, -0.1) is 0 Å². The maximum atomic E-state index is 9.55. The highest BCUT2D eigenvalue weighted by Crippen LogP contribution is 2.42. The van der Waals surface area contributed by atoms with Crippen LogP contribution in [0.25, 0.3) is 0 Å². The number of rotatable bonds is 6. The van der Waals surface area contributed by atoms with Crippen LogP contribution in [0.5, 0.6) is 17.2 Å². The molecule has 3 rings (SSSR count). The van der Waals surface area contributed by atoms with Gasteiger partial charge < -0.3 is 25.0 Å². The molecule has 0 saturated carbocycles. The van der Waals surface area contributed by atoms with Crippen molar-refractivity contribution >= 4 is 11.9 Å². The van der Waals surface area contributed by atoms with Crippen LogP contribution in [0.2, 0.25) is 0 Å². The van der Waals surface area contributed by atoms with E-state index in [1.807, 2.05) is 42.5 Å². The highest BCUT2D eigenvalue weighted by Gasteiger charge is 2.23. The average Bonchev–Trinajstić information content (AvgIpc) is 2.83. The van der Waals surface area contributed by atoms with Gasteiger partial charge in [-0.3, -0.25) is 0 Å². The van der Waals surface area contributed by atoms with Crippen LogP contribution < -0.4 is 14.8 Å². The number of fused-ring (bicyclic) bond motifs is 2. The molecule has 29 heavy (non-hydrogen) atoms. The second-order valence-corrected chi connectivity index (χ2v) is 6.60. The highest BCUT2D eigenvalue weighted by atomic mass is 16.5. The number of hydrogen-bond donors (Lipinski definition) is 3. The van der Waals surface area contributed by atoms with Crippen LogP contribution in [0, 0.1) is 0 Å². The average molecular weight is 399 g/mol. The Morgan fingerprint density at radius 3 is 2.10 bits per heavy atom. The van der Waals surface area contributed by atoms with Crippen molar-refractivity contribution in [1.82, 2.24) is 5.32 Å². The van der Waals surface area contributed by atoms with E-state index in [4.69, 9.17) is 19.7 Å². The number of benzene rings is 2. The van der Waals surface area contributed by atoms with Gasteiger partial charge in [-0.1, -0.05) is 44.2 Å². The highest BCUT2D eigenvalue weighted by molar-refractivity contribution is 5.89. The second-order valence-electron chi connectivity index (χ2n) is 6.60. The van der Waals surface area contributed by atoms with Crippen LogP contribution in [-0.2, 0) is 9.59 Å². The zero-order chi connectivity index (χ0) is 21.2. The summed E-state index contributed by atoms with van der Waals surface area (Å²) in [5, 5.41) is 19.1. The molecule has 0 amide bonds. The number of carboxylic acids is 2. The molecule has 0 bridgehead atoms. The van der Waals surface area contributed by atoms with E-state index in [1.165, 1.54) is 0 Å². The third-order valence-electron chi connectivity index (χ3n) is 3.93. The third-order valence-corrected chi connectivity index (χ3v) is 3.93. The summed E-state index contributed by atoms with van der Waals surface area (Å²) in [5.41, 5.74) is 1.11. The molecule has 7 nitrogen and oxygen atoms in total. The number of hydrogen-bond acceptors (Lipinski definition) is 5. The molecule has 0 radical (unpaired) electrons. The molecule has 7 heteroatoms. The van der Waals surface area contributed by atoms with Crippen molar-refractivity contribution in [3.05, 3.63) is 66.2 Å². The smallest absolute Gasteiger partial charge is 0.328 e. The fraction of sp³-hybridized carbons (Fsp3) is 0.273. The van der Waals surface area contributed by atoms with E-state index >= 15 is 0 Å². The molecule has 1 unspecified atom stereocenters. The Labute approximate surface area is 169 Å². The molecule has 0 fully saturated rings. The van der Waals surface area contributed by atoms with Gasteiger partial charge in [0.05, 0.1) is 0 Å². The number of carboxylic acid groups (broad SMARTS) is 2. The van der Waals surface area contributed by atoms with Gasteiger partial charge in [0.1, 0.15) is 11.9 Å². The van der Waals surface area contributed by atoms with Gasteiger partial charge in [0.2, 0.25) is 0 Å². The van der Waals surface area contributed by atoms with E-state index in [-0.39, 0.29) is 6.10 Å². The fourth-order valence-electron chi connectivity index (χ4n) is 2.67. The predicted molar refractivity (Wildman–Crippen MR) is 108 cm³/mol. The largest absolute Gasteiger partial charge is 0.482 e. The van der Waals surface area contributed by atoms with Crippen LogP contribution in [0.3, 0.4) is 0 Å². The van der Waals surface area contributed by atoms with Gasteiger partial charge in [-0.05, 0) is 24.7 Å². The summed E-state index contributed by atoms with van der Waals surface area (Å²) >= 11 is 0. The lowest BCUT2D eigenvalue weighted by Crippen LogP contribution is -2.26. The first-order valence-electron chi connectivity index (χ1n) is 9.26. The lowest BCUT2D eigenvalue weighted by molar-refractivity contribution is -0.134. The van der Waals surface area contributed by atoms with Crippen molar-refractivity contribution in [2.75, 3.05) is 6.54 Å². The van der Waals surface area contributed by atoms with Crippen molar-refractivity contribution in [2.45, 2.75) is 32.4 Å². The molecule has 0 spiro atoms. The van der Waals surface area contributed by atoms with Crippen LogP contribution in [0.4, 0.5) is 0 Å². The number of carbonyl (C=O) groups is 2. The Balaban J connectivity index is 0.000000321. The maximum Gasteiger partial charge on any atom is 0.328 e. The minimum Gasteiger partial charge on any atom is -0.482 e. The van der Waals surface area contributed by atoms with Gasteiger partial charge >= 0.3 is 11.9 Å². The van der Waals surface area contributed by atoms with E-state index < -0.39 is 11.9 Å². The number of nitrogens with one attached hydrogen (secondary N) is 1. The summed E-state index contributed by atoms with van der Waals surface area (Å²) in [4.78, 5) is 19.1. The van der Waals surface area contributed by atoms with Crippen molar-refractivity contribution in [3.63, 3.8) is 0 Å². The molecule has 1 heterocycles. The minimum absolute atomic E-state index is 0.0103. The number of ether oxygens (including phenoxy) is 2. The van der Waals surface area contributed by atoms with Crippen molar-refractivity contribution in [1.29, 1.82) is 0 Å². The molecular weight excluding hydrogens is 374 g/mol. The standard InChI is InChI=1S/C18H21NO2.C4H4O4/c1-13(2)19-12-11-16-14-7-3-4-8-15(14)20-17-9-5-6-10-18(17)21-16;5-3(6)1-2-4(7)8/h3-10,13,16,19H,11-12H2,1-2H3;1-2H,(H,5,6)(H,7,8)/b;2-1+. The zero-order valence-corrected chi connectivity index (χ0v) is 16.4.